The standard InChI is InChI=1S/C12H12ClNO4/c1-7-5-10(18-2)8(13)6-9(7)14-11(15)3-4-12(16)17/h3-6H,1-2H3,(H,14,15)(H,16,17)/b4-3+. The maximum absolute atomic E-state index is 11.4. The van der Waals surface area contributed by atoms with Crippen LogP contribution in [-0.2, 0) is 9.59 Å². The maximum atomic E-state index is 11.4. The van der Waals surface area contributed by atoms with E-state index in [9.17, 15) is 9.59 Å². The minimum atomic E-state index is -1.19. The minimum Gasteiger partial charge on any atom is -0.495 e. The van der Waals surface area contributed by atoms with Crippen LogP contribution in [0.2, 0.25) is 5.02 Å². The summed E-state index contributed by atoms with van der Waals surface area (Å²) in [7, 11) is 1.49. The first-order chi connectivity index (χ1) is 8.43. The van der Waals surface area contributed by atoms with Crippen molar-refractivity contribution in [3.63, 3.8) is 0 Å². The molecule has 0 bridgehead atoms. The smallest absolute Gasteiger partial charge is 0.328 e. The zero-order valence-electron chi connectivity index (χ0n) is 9.86. The molecule has 0 atom stereocenters. The summed E-state index contributed by atoms with van der Waals surface area (Å²) in [5.74, 6) is -1.22. The summed E-state index contributed by atoms with van der Waals surface area (Å²) in [5, 5.41) is 11.3. The molecule has 0 aromatic heterocycles. The Morgan fingerprint density at radius 3 is 2.61 bits per heavy atom. The van der Waals surface area contributed by atoms with Gasteiger partial charge in [-0.25, -0.2) is 4.79 Å². The molecule has 0 aliphatic carbocycles. The van der Waals surface area contributed by atoms with Crippen molar-refractivity contribution in [2.45, 2.75) is 6.92 Å². The topological polar surface area (TPSA) is 75.6 Å². The molecule has 0 saturated carbocycles. The Bertz CT molecular complexity index is 511. The fourth-order valence-electron chi connectivity index (χ4n) is 1.27. The van der Waals surface area contributed by atoms with Crippen molar-refractivity contribution in [3.8, 4) is 5.75 Å². The van der Waals surface area contributed by atoms with E-state index in [2.05, 4.69) is 5.32 Å². The molecule has 0 fully saturated rings. The van der Waals surface area contributed by atoms with Crippen molar-refractivity contribution in [1.29, 1.82) is 0 Å². The Balaban J connectivity index is 2.88. The third kappa shape index (κ3) is 3.78. The van der Waals surface area contributed by atoms with Gasteiger partial charge in [0.2, 0.25) is 5.91 Å². The van der Waals surface area contributed by atoms with E-state index in [-0.39, 0.29) is 0 Å². The average molecular weight is 270 g/mol. The molecule has 0 heterocycles. The van der Waals surface area contributed by atoms with Gasteiger partial charge in [0.1, 0.15) is 5.75 Å². The predicted molar refractivity (Wildman–Crippen MR) is 68.1 cm³/mol. The van der Waals surface area contributed by atoms with E-state index in [4.69, 9.17) is 21.4 Å². The molecule has 18 heavy (non-hydrogen) atoms. The maximum Gasteiger partial charge on any atom is 0.328 e. The number of carboxylic acids is 1. The Labute approximate surface area is 109 Å². The highest BCUT2D eigenvalue weighted by Gasteiger charge is 2.08. The summed E-state index contributed by atoms with van der Waals surface area (Å²) in [6, 6.07) is 3.22. The lowest BCUT2D eigenvalue weighted by molar-refractivity contribution is -0.131. The number of aryl methyl sites for hydroxylation is 1. The normalized spacial score (nSPS) is 10.4. The lowest BCUT2D eigenvalue weighted by atomic mass is 10.2. The highest BCUT2D eigenvalue weighted by molar-refractivity contribution is 6.32. The van der Waals surface area contributed by atoms with Gasteiger partial charge in [-0.2, -0.15) is 0 Å². The fraction of sp³-hybridized carbons (Fsp3) is 0.167. The van der Waals surface area contributed by atoms with Gasteiger partial charge in [0.15, 0.2) is 0 Å². The first-order valence-electron chi connectivity index (χ1n) is 5.00. The Hall–Kier alpha value is -2.01. The predicted octanol–water partition coefficient (Wildman–Crippen LogP) is 2.24. The number of carboxylic acid groups (broad SMARTS) is 1. The number of nitrogens with one attached hydrogen (secondary N) is 1. The van der Waals surface area contributed by atoms with Crippen molar-refractivity contribution in [2.75, 3.05) is 12.4 Å². The third-order valence-corrected chi connectivity index (χ3v) is 2.43. The number of rotatable bonds is 4. The molecule has 1 amide bonds. The molecular weight excluding hydrogens is 258 g/mol. The van der Waals surface area contributed by atoms with Crippen molar-refractivity contribution in [3.05, 3.63) is 34.9 Å². The van der Waals surface area contributed by atoms with Gasteiger partial charge in [0.05, 0.1) is 12.1 Å². The Morgan fingerprint density at radius 2 is 2.06 bits per heavy atom. The summed E-state index contributed by atoms with van der Waals surface area (Å²) in [6.45, 7) is 1.77. The zero-order valence-corrected chi connectivity index (χ0v) is 10.6. The van der Waals surface area contributed by atoms with Gasteiger partial charge in [0, 0.05) is 17.8 Å². The Kier molecular flexibility index (Phi) is 4.74. The van der Waals surface area contributed by atoms with Crippen LogP contribution in [0, 0.1) is 6.92 Å². The van der Waals surface area contributed by atoms with Crippen molar-refractivity contribution in [2.24, 2.45) is 0 Å². The van der Waals surface area contributed by atoms with Gasteiger partial charge < -0.3 is 15.2 Å². The molecule has 2 N–H and O–H groups in total. The van der Waals surface area contributed by atoms with E-state index in [0.29, 0.717) is 16.5 Å². The zero-order chi connectivity index (χ0) is 13.7. The first kappa shape index (κ1) is 14.1. The molecule has 0 aliphatic rings. The number of halogens is 1. The van der Waals surface area contributed by atoms with Crippen molar-refractivity contribution < 1.29 is 19.4 Å². The van der Waals surface area contributed by atoms with E-state index < -0.39 is 11.9 Å². The molecule has 96 valence electrons. The van der Waals surface area contributed by atoms with Crippen molar-refractivity contribution >= 4 is 29.2 Å². The van der Waals surface area contributed by atoms with Crippen LogP contribution in [0.1, 0.15) is 5.56 Å². The van der Waals surface area contributed by atoms with Crippen LogP contribution in [0.3, 0.4) is 0 Å². The summed E-state index contributed by atoms with van der Waals surface area (Å²) >= 11 is 5.92. The summed E-state index contributed by atoms with van der Waals surface area (Å²) in [5.41, 5.74) is 1.26. The van der Waals surface area contributed by atoms with E-state index in [1.165, 1.54) is 7.11 Å². The molecular formula is C12H12ClNO4. The molecule has 0 saturated heterocycles. The second-order valence-electron chi connectivity index (χ2n) is 3.46. The van der Waals surface area contributed by atoms with E-state index in [1.807, 2.05) is 0 Å². The molecule has 0 spiro atoms. The van der Waals surface area contributed by atoms with E-state index in [0.717, 1.165) is 17.7 Å². The largest absolute Gasteiger partial charge is 0.495 e. The molecule has 1 aromatic carbocycles. The van der Waals surface area contributed by atoms with E-state index in [1.54, 1.807) is 19.1 Å². The van der Waals surface area contributed by atoms with Crippen LogP contribution in [-0.4, -0.2) is 24.1 Å². The Morgan fingerprint density at radius 1 is 1.39 bits per heavy atom. The summed E-state index contributed by atoms with van der Waals surface area (Å²) < 4.78 is 5.03. The van der Waals surface area contributed by atoms with Crippen molar-refractivity contribution in [1.82, 2.24) is 0 Å². The van der Waals surface area contributed by atoms with Crippen LogP contribution in [0.5, 0.6) is 5.75 Å². The average Bonchev–Trinajstić information content (AvgIpc) is 2.30. The fourth-order valence-corrected chi connectivity index (χ4v) is 1.51. The molecule has 6 heteroatoms. The quantitative estimate of drug-likeness (QED) is 0.822. The van der Waals surface area contributed by atoms with Gasteiger partial charge in [-0.15, -0.1) is 0 Å². The minimum absolute atomic E-state index is 0.362. The van der Waals surface area contributed by atoms with Crippen LogP contribution >= 0.6 is 11.6 Å². The molecule has 5 nitrogen and oxygen atoms in total. The van der Waals surface area contributed by atoms with Gasteiger partial charge in [-0.05, 0) is 24.6 Å². The number of carbonyl (C=O) groups is 2. The molecule has 0 aliphatic heterocycles. The first-order valence-corrected chi connectivity index (χ1v) is 5.38. The summed E-state index contributed by atoms with van der Waals surface area (Å²) in [6.07, 6.45) is 1.69. The van der Waals surface area contributed by atoms with Crippen LogP contribution in [0.4, 0.5) is 5.69 Å². The number of amides is 1. The second-order valence-corrected chi connectivity index (χ2v) is 3.87. The SMILES string of the molecule is COc1cc(C)c(NC(=O)/C=C/C(=O)O)cc1Cl. The van der Waals surface area contributed by atoms with Crippen LogP contribution in [0.15, 0.2) is 24.3 Å². The number of hydrogen-bond acceptors (Lipinski definition) is 3. The number of benzene rings is 1. The van der Waals surface area contributed by atoms with Gasteiger partial charge in [-0.3, -0.25) is 4.79 Å². The molecule has 0 unspecified atom stereocenters. The lowest BCUT2D eigenvalue weighted by Gasteiger charge is -2.10. The third-order valence-electron chi connectivity index (χ3n) is 2.13. The highest BCUT2D eigenvalue weighted by atomic mass is 35.5. The van der Waals surface area contributed by atoms with E-state index >= 15 is 0 Å². The summed E-state index contributed by atoms with van der Waals surface area (Å²) in [4.78, 5) is 21.7. The van der Waals surface area contributed by atoms with Gasteiger partial charge >= 0.3 is 5.97 Å². The number of carbonyl (C=O) groups excluding carboxylic acids is 1. The highest BCUT2D eigenvalue weighted by Crippen LogP contribution is 2.30. The van der Waals surface area contributed by atoms with Crippen LogP contribution in [0.25, 0.3) is 0 Å². The van der Waals surface area contributed by atoms with Crippen LogP contribution < -0.4 is 10.1 Å². The molecule has 1 rings (SSSR count). The van der Waals surface area contributed by atoms with Gasteiger partial charge in [0.25, 0.3) is 0 Å². The number of aliphatic carboxylic acids is 1. The molecule has 0 radical (unpaired) electrons. The number of anilines is 1. The van der Waals surface area contributed by atoms with Gasteiger partial charge in [-0.1, -0.05) is 11.6 Å². The number of hydrogen-bond donors (Lipinski definition) is 2. The number of ether oxygens (including phenoxy) is 1. The monoisotopic (exact) mass is 269 g/mol. The second kappa shape index (κ2) is 6.07. The lowest BCUT2D eigenvalue weighted by Crippen LogP contribution is -2.10. The number of methoxy groups -OCH3 is 1. The molecule has 1 aromatic rings.